The Hall–Kier alpha value is -0.660. The zero-order valence-electron chi connectivity index (χ0n) is 10.0. The molecule has 1 aliphatic rings. The first-order valence-corrected chi connectivity index (χ1v) is 7.08. The van der Waals surface area contributed by atoms with E-state index in [1.54, 1.807) is 4.68 Å². The van der Waals surface area contributed by atoms with Crippen molar-refractivity contribution in [3.8, 4) is 0 Å². The summed E-state index contributed by atoms with van der Waals surface area (Å²) in [6.07, 6.45) is 3.06. The summed E-state index contributed by atoms with van der Waals surface area (Å²) >= 11 is 1.51. The normalized spacial score (nSPS) is 17.3. The van der Waals surface area contributed by atoms with E-state index in [1.807, 2.05) is 6.92 Å². The van der Waals surface area contributed by atoms with Crippen LogP contribution in [-0.4, -0.2) is 49.8 Å². The summed E-state index contributed by atoms with van der Waals surface area (Å²) in [7, 11) is 0. The van der Waals surface area contributed by atoms with Crippen LogP contribution in [-0.2, 0) is 6.54 Å². The summed E-state index contributed by atoms with van der Waals surface area (Å²) < 4.78 is 1.79. The van der Waals surface area contributed by atoms with Crippen molar-refractivity contribution < 1.29 is 5.11 Å². The van der Waals surface area contributed by atoms with Crippen LogP contribution >= 0.6 is 11.8 Å². The summed E-state index contributed by atoms with van der Waals surface area (Å²) in [4.78, 5) is 0. The molecule has 1 atom stereocenters. The predicted molar refractivity (Wildman–Crippen MR) is 65.9 cm³/mol. The highest BCUT2D eigenvalue weighted by Crippen LogP contribution is 2.18. The summed E-state index contributed by atoms with van der Waals surface area (Å²) in [5.41, 5.74) is 0. The van der Waals surface area contributed by atoms with Crippen LogP contribution in [0, 0.1) is 0 Å². The van der Waals surface area contributed by atoms with Gasteiger partial charge in [0.2, 0.25) is 5.16 Å². The average molecular weight is 257 g/mol. The number of aliphatic hydroxyl groups is 1. The maximum atomic E-state index is 9.49. The van der Waals surface area contributed by atoms with Gasteiger partial charge in [0.15, 0.2) is 0 Å². The van der Waals surface area contributed by atoms with Crippen LogP contribution in [0.5, 0.6) is 0 Å². The number of nitrogens with one attached hydrogen (secondary N) is 1. The van der Waals surface area contributed by atoms with Crippen LogP contribution in [0.15, 0.2) is 5.16 Å². The molecule has 1 saturated carbocycles. The van der Waals surface area contributed by atoms with E-state index in [-0.39, 0.29) is 6.10 Å². The number of hydrogen-bond acceptors (Lipinski definition) is 6. The molecule has 17 heavy (non-hydrogen) atoms. The van der Waals surface area contributed by atoms with Gasteiger partial charge in [0.1, 0.15) is 0 Å². The van der Waals surface area contributed by atoms with E-state index in [2.05, 4.69) is 20.8 Å². The zero-order chi connectivity index (χ0) is 12.1. The fraction of sp³-hybridized carbons (Fsp3) is 0.900. The first-order valence-electron chi connectivity index (χ1n) is 6.10. The molecule has 0 aliphatic heterocycles. The van der Waals surface area contributed by atoms with Gasteiger partial charge in [-0.1, -0.05) is 18.7 Å². The summed E-state index contributed by atoms with van der Waals surface area (Å²) in [5, 5.41) is 25.3. The Kier molecular flexibility index (Phi) is 4.75. The maximum absolute atomic E-state index is 9.49. The van der Waals surface area contributed by atoms with Crippen LogP contribution in [0.1, 0.15) is 26.2 Å². The highest BCUT2D eigenvalue weighted by molar-refractivity contribution is 7.99. The van der Waals surface area contributed by atoms with E-state index in [0.717, 1.165) is 24.7 Å². The van der Waals surface area contributed by atoms with Crippen molar-refractivity contribution in [3.05, 3.63) is 0 Å². The average Bonchev–Trinajstić information content (AvgIpc) is 3.05. The van der Waals surface area contributed by atoms with Gasteiger partial charge in [0.25, 0.3) is 0 Å². The summed E-state index contributed by atoms with van der Waals surface area (Å²) in [6, 6.07) is 0.712. The van der Waals surface area contributed by atoms with Crippen molar-refractivity contribution in [1.29, 1.82) is 0 Å². The molecular weight excluding hydrogens is 238 g/mol. The molecule has 0 aromatic carbocycles. The second-order valence-electron chi connectivity index (χ2n) is 4.29. The fourth-order valence-electron chi connectivity index (χ4n) is 1.39. The van der Waals surface area contributed by atoms with Gasteiger partial charge in [0.05, 0.1) is 12.6 Å². The van der Waals surface area contributed by atoms with E-state index in [9.17, 15) is 5.11 Å². The molecule has 1 aromatic heterocycles. The van der Waals surface area contributed by atoms with E-state index in [4.69, 9.17) is 0 Å². The molecule has 96 valence electrons. The van der Waals surface area contributed by atoms with Gasteiger partial charge in [-0.25, -0.2) is 4.68 Å². The Morgan fingerprint density at radius 3 is 3.12 bits per heavy atom. The lowest BCUT2D eigenvalue weighted by Crippen LogP contribution is -2.22. The SMILES string of the molecule is CCC(O)CSc1nnnn1CCNC1CC1. The highest BCUT2D eigenvalue weighted by Gasteiger charge is 2.20. The first kappa shape index (κ1) is 12.8. The van der Waals surface area contributed by atoms with Crippen LogP contribution in [0.3, 0.4) is 0 Å². The van der Waals surface area contributed by atoms with Crippen molar-refractivity contribution in [1.82, 2.24) is 25.5 Å². The van der Waals surface area contributed by atoms with Crippen molar-refractivity contribution in [2.45, 2.75) is 50.0 Å². The lowest BCUT2D eigenvalue weighted by Gasteiger charge is -2.07. The Balaban J connectivity index is 1.74. The van der Waals surface area contributed by atoms with Gasteiger partial charge in [0, 0.05) is 18.3 Å². The van der Waals surface area contributed by atoms with Crippen LogP contribution in [0.4, 0.5) is 0 Å². The highest BCUT2D eigenvalue weighted by atomic mass is 32.2. The molecule has 1 fully saturated rings. The number of aromatic nitrogens is 4. The number of tetrazole rings is 1. The third-order valence-electron chi connectivity index (χ3n) is 2.71. The van der Waals surface area contributed by atoms with Gasteiger partial charge in [-0.15, -0.1) is 5.10 Å². The van der Waals surface area contributed by atoms with Gasteiger partial charge in [-0.3, -0.25) is 0 Å². The zero-order valence-corrected chi connectivity index (χ0v) is 10.9. The molecule has 1 aromatic rings. The van der Waals surface area contributed by atoms with E-state index >= 15 is 0 Å². The second-order valence-corrected chi connectivity index (χ2v) is 5.27. The van der Waals surface area contributed by atoms with Crippen LogP contribution in [0.25, 0.3) is 0 Å². The van der Waals surface area contributed by atoms with Crippen molar-refractivity contribution in [3.63, 3.8) is 0 Å². The molecule has 2 rings (SSSR count). The number of aliphatic hydroxyl groups excluding tert-OH is 1. The van der Waals surface area contributed by atoms with Crippen LogP contribution in [0.2, 0.25) is 0 Å². The Labute approximate surface area is 105 Å². The third-order valence-corrected chi connectivity index (χ3v) is 3.81. The first-order chi connectivity index (χ1) is 8.29. The predicted octanol–water partition coefficient (Wildman–Crippen LogP) is 0.288. The van der Waals surface area contributed by atoms with E-state index in [0.29, 0.717) is 11.8 Å². The minimum Gasteiger partial charge on any atom is -0.392 e. The number of rotatable bonds is 8. The molecular formula is C10H19N5OS. The topological polar surface area (TPSA) is 75.9 Å². The maximum Gasteiger partial charge on any atom is 0.209 e. The molecule has 2 N–H and O–H groups in total. The van der Waals surface area contributed by atoms with Crippen LogP contribution < -0.4 is 5.32 Å². The van der Waals surface area contributed by atoms with E-state index in [1.165, 1.54) is 24.6 Å². The quantitative estimate of drug-likeness (QED) is 0.652. The van der Waals surface area contributed by atoms with Gasteiger partial charge in [-0.2, -0.15) is 0 Å². The van der Waals surface area contributed by atoms with Gasteiger partial charge in [-0.05, 0) is 29.7 Å². The Bertz CT molecular complexity index is 341. The molecule has 0 radical (unpaired) electrons. The minimum absolute atomic E-state index is 0.283. The molecule has 1 heterocycles. The molecule has 0 spiro atoms. The molecule has 1 aliphatic carbocycles. The lowest BCUT2D eigenvalue weighted by atomic mass is 10.3. The molecule has 7 heteroatoms. The summed E-state index contributed by atoms with van der Waals surface area (Å²) in [6.45, 7) is 3.65. The Morgan fingerprint density at radius 2 is 2.41 bits per heavy atom. The molecule has 6 nitrogen and oxygen atoms in total. The third kappa shape index (κ3) is 4.25. The van der Waals surface area contributed by atoms with Gasteiger partial charge < -0.3 is 10.4 Å². The monoisotopic (exact) mass is 257 g/mol. The smallest absolute Gasteiger partial charge is 0.209 e. The Morgan fingerprint density at radius 1 is 1.59 bits per heavy atom. The molecule has 0 bridgehead atoms. The minimum atomic E-state index is -0.283. The second kappa shape index (κ2) is 6.32. The largest absolute Gasteiger partial charge is 0.392 e. The van der Waals surface area contributed by atoms with Crippen molar-refractivity contribution in [2.24, 2.45) is 0 Å². The van der Waals surface area contributed by atoms with E-state index < -0.39 is 0 Å². The molecule has 1 unspecified atom stereocenters. The summed E-state index contributed by atoms with van der Waals surface area (Å²) in [5.74, 6) is 0.646. The standard InChI is InChI=1S/C10H19N5OS/c1-2-9(16)7-17-10-12-13-14-15(10)6-5-11-8-3-4-8/h8-9,11,16H,2-7H2,1H3. The molecule has 0 amide bonds. The number of nitrogens with zero attached hydrogens (tertiary/aromatic N) is 4. The lowest BCUT2D eigenvalue weighted by molar-refractivity contribution is 0.195. The number of hydrogen-bond donors (Lipinski definition) is 2. The molecule has 0 saturated heterocycles. The fourth-order valence-corrected chi connectivity index (χ4v) is 2.34. The van der Waals surface area contributed by atoms with Gasteiger partial charge >= 0.3 is 0 Å². The van der Waals surface area contributed by atoms with Crippen molar-refractivity contribution in [2.75, 3.05) is 12.3 Å². The van der Waals surface area contributed by atoms with Crippen molar-refractivity contribution >= 4 is 11.8 Å². The number of thioether (sulfide) groups is 1.